The van der Waals surface area contributed by atoms with E-state index in [1.807, 2.05) is 0 Å². The maximum absolute atomic E-state index is 11.3. The fourth-order valence-electron chi connectivity index (χ4n) is 1.87. The Bertz CT molecular complexity index is 587. The molecule has 1 rings (SSSR count). The number of carbonyl (C=O) groups excluding carboxylic acids is 4. The Hall–Kier alpha value is -2.73. The zero-order valence-electron chi connectivity index (χ0n) is 18.2. The summed E-state index contributed by atoms with van der Waals surface area (Å²) in [5, 5.41) is 13.5. The van der Waals surface area contributed by atoms with Crippen LogP contribution in [-0.2, 0) is 38.1 Å². The maximum atomic E-state index is 11.3. The fourth-order valence-corrected chi connectivity index (χ4v) is 1.87. The van der Waals surface area contributed by atoms with Crippen LogP contribution in [-0.4, -0.2) is 80.1 Å². The molecule has 178 valence electrons. The van der Waals surface area contributed by atoms with E-state index in [0.29, 0.717) is 39.5 Å². The highest BCUT2D eigenvalue weighted by Gasteiger charge is 2.19. The van der Waals surface area contributed by atoms with E-state index in [1.165, 1.54) is 0 Å². The van der Waals surface area contributed by atoms with Crippen LogP contribution in [0, 0.1) is 0 Å². The normalized spacial score (nSPS) is 13.0. The van der Waals surface area contributed by atoms with Crippen LogP contribution in [0.15, 0.2) is 0 Å². The number of esters is 2. The standard InChI is InChI=1S/C15H28N2O7.C4H4O3/c1-15(2,3)24-14(21)17-7-9-23-11-10-22-8-6-16-12(18)4-5-13(19)20;5-3-1-2-4(6)7-3/h4-11H2,1-3H3,(H,16,18)(H,17,21)(H,19,20);1-2H2. The van der Waals surface area contributed by atoms with E-state index < -0.39 is 29.6 Å². The number of nitrogens with one attached hydrogen (secondary N) is 2. The summed E-state index contributed by atoms with van der Waals surface area (Å²) in [5.41, 5.74) is -0.526. The van der Waals surface area contributed by atoms with Crippen molar-refractivity contribution in [1.82, 2.24) is 10.6 Å². The van der Waals surface area contributed by atoms with Crippen molar-refractivity contribution in [3.63, 3.8) is 0 Å². The van der Waals surface area contributed by atoms with Gasteiger partial charge in [0, 0.05) is 19.5 Å². The van der Waals surface area contributed by atoms with Crippen molar-refractivity contribution < 1.29 is 48.0 Å². The number of aliphatic carboxylic acids is 1. The van der Waals surface area contributed by atoms with Crippen LogP contribution in [0.25, 0.3) is 0 Å². The summed E-state index contributed by atoms with van der Waals surface area (Å²) in [6.07, 6.45) is -0.181. The molecule has 1 saturated heterocycles. The molecule has 1 aliphatic rings. The molecule has 1 fully saturated rings. The minimum atomic E-state index is -1.00. The van der Waals surface area contributed by atoms with Gasteiger partial charge in [0.15, 0.2) is 0 Å². The maximum Gasteiger partial charge on any atom is 0.407 e. The van der Waals surface area contributed by atoms with Crippen molar-refractivity contribution in [2.75, 3.05) is 39.5 Å². The zero-order valence-corrected chi connectivity index (χ0v) is 18.2. The predicted molar refractivity (Wildman–Crippen MR) is 106 cm³/mol. The van der Waals surface area contributed by atoms with Crippen molar-refractivity contribution in [3.8, 4) is 0 Å². The highest BCUT2D eigenvalue weighted by atomic mass is 16.6. The van der Waals surface area contributed by atoms with E-state index in [0.717, 1.165) is 0 Å². The van der Waals surface area contributed by atoms with Crippen molar-refractivity contribution in [2.45, 2.75) is 52.1 Å². The third kappa shape index (κ3) is 20.3. The van der Waals surface area contributed by atoms with Gasteiger partial charge >= 0.3 is 24.0 Å². The molecule has 0 unspecified atom stereocenters. The van der Waals surface area contributed by atoms with Crippen LogP contribution in [0.2, 0.25) is 0 Å². The Kier molecular flexibility index (Phi) is 14.6. The Morgan fingerprint density at radius 1 is 0.903 bits per heavy atom. The first-order chi connectivity index (χ1) is 14.5. The number of hydrogen-bond donors (Lipinski definition) is 3. The summed E-state index contributed by atoms with van der Waals surface area (Å²) in [4.78, 5) is 52.8. The first-order valence-electron chi connectivity index (χ1n) is 9.84. The number of carboxylic acids is 1. The number of rotatable bonds is 12. The number of carbonyl (C=O) groups is 5. The smallest absolute Gasteiger partial charge is 0.407 e. The molecule has 0 aromatic carbocycles. The average Bonchev–Trinajstić information content (AvgIpc) is 3.03. The molecule has 1 heterocycles. The zero-order chi connectivity index (χ0) is 23.7. The Morgan fingerprint density at radius 3 is 1.84 bits per heavy atom. The van der Waals surface area contributed by atoms with Crippen LogP contribution in [0.4, 0.5) is 4.79 Å². The molecule has 0 bridgehead atoms. The van der Waals surface area contributed by atoms with E-state index in [9.17, 15) is 24.0 Å². The largest absolute Gasteiger partial charge is 0.481 e. The van der Waals surface area contributed by atoms with E-state index in [2.05, 4.69) is 15.4 Å². The highest BCUT2D eigenvalue weighted by Crippen LogP contribution is 2.06. The molecule has 0 atom stereocenters. The lowest BCUT2D eigenvalue weighted by molar-refractivity contribution is -0.152. The van der Waals surface area contributed by atoms with E-state index in [4.69, 9.17) is 19.3 Å². The van der Waals surface area contributed by atoms with Crippen LogP contribution in [0.5, 0.6) is 0 Å². The van der Waals surface area contributed by atoms with Gasteiger partial charge < -0.3 is 34.7 Å². The summed E-state index contributed by atoms with van der Waals surface area (Å²) in [6, 6.07) is 0. The van der Waals surface area contributed by atoms with Gasteiger partial charge in [0.1, 0.15) is 5.60 Å². The first kappa shape index (κ1) is 28.3. The van der Waals surface area contributed by atoms with Gasteiger partial charge in [-0.05, 0) is 20.8 Å². The lowest BCUT2D eigenvalue weighted by Gasteiger charge is -2.19. The molecule has 2 amide bonds. The second-order valence-electron chi connectivity index (χ2n) is 7.24. The van der Waals surface area contributed by atoms with Crippen LogP contribution >= 0.6 is 0 Å². The molecule has 12 nitrogen and oxygen atoms in total. The van der Waals surface area contributed by atoms with E-state index in [1.54, 1.807) is 20.8 Å². The second-order valence-corrected chi connectivity index (χ2v) is 7.24. The van der Waals surface area contributed by atoms with E-state index >= 15 is 0 Å². The van der Waals surface area contributed by atoms with Crippen LogP contribution in [0.3, 0.4) is 0 Å². The molecule has 1 aliphatic heterocycles. The van der Waals surface area contributed by atoms with Gasteiger partial charge in [0.25, 0.3) is 0 Å². The summed E-state index contributed by atoms with van der Waals surface area (Å²) in [7, 11) is 0. The Labute approximate surface area is 180 Å². The summed E-state index contributed by atoms with van der Waals surface area (Å²) >= 11 is 0. The van der Waals surface area contributed by atoms with Crippen LogP contribution in [0.1, 0.15) is 46.5 Å². The molecule has 0 aromatic heterocycles. The Balaban J connectivity index is 0.00000107. The van der Waals surface area contributed by atoms with Gasteiger partial charge in [0.05, 0.1) is 45.7 Å². The molecule has 31 heavy (non-hydrogen) atoms. The van der Waals surface area contributed by atoms with Crippen molar-refractivity contribution in [2.24, 2.45) is 0 Å². The second kappa shape index (κ2) is 16.0. The van der Waals surface area contributed by atoms with Gasteiger partial charge in [-0.15, -0.1) is 0 Å². The van der Waals surface area contributed by atoms with Gasteiger partial charge in [0.2, 0.25) is 5.91 Å². The molecule has 0 saturated carbocycles. The van der Waals surface area contributed by atoms with Gasteiger partial charge in [-0.1, -0.05) is 0 Å². The number of amides is 2. The minimum Gasteiger partial charge on any atom is -0.481 e. The number of carboxylic acid groups (broad SMARTS) is 1. The van der Waals surface area contributed by atoms with Crippen molar-refractivity contribution >= 4 is 29.9 Å². The highest BCUT2D eigenvalue weighted by molar-refractivity contribution is 5.92. The van der Waals surface area contributed by atoms with Crippen LogP contribution < -0.4 is 10.6 Å². The van der Waals surface area contributed by atoms with Crippen molar-refractivity contribution in [1.29, 1.82) is 0 Å². The lowest BCUT2D eigenvalue weighted by Crippen LogP contribution is -2.34. The third-order valence-corrected chi connectivity index (χ3v) is 3.18. The molecule has 3 N–H and O–H groups in total. The lowest BCUT2D eigenvalue weighted by atomic mass is 10.2. The topological polar surface area (TPSA) is 167 Å². The minimum absolute atomic E-state index is 0.0386. The average molecular weight is 448 g/mol. The van der Waals surface area contributed by atoms with Gasteiger partial charge in [-0.3, -0.25) is 19.2 Å². The number of alkyl carbamates (subject to hydrolysis) is 1. The summed E-state index contributed by atoms with van der Waals surface area (Å²) in [5.74, 6) is -2.11. The molecule has 12 heteroatoms. The quantitative estimate of drug-likeness (QED) is 0.216. The molecule has 0 aliphatic carbocycles. The molecule has 0 radical (unpaired) electrons. The predicted octanol–water partition coefficient (Wildman–Crippen LogP) is 0.375. The van der Waals surface area contributed by atoms with Gasteiger partial charge in [-0.25, -0.2) is 4.79 Å². The molecule has 0 aromatic rings. The van der Waals surface area contributed by atoms with Crippen molar-refractivity contribution in [3.05, 3.63) is 0 Å². The summed E-state index contributed by atoms with van der Waals surface area (Å²) in [6.45, 7) is 7.40. The first-order valence-corrected chi connectivity index (χ1v) is 9.84. The molecular formula is C19H32N2O10. The monoisotopic (exact) mass is 448 g/mol. The Morgan fingerprint density at radius 2 is 1.42 bits per heavy atom. The summed E-state index contributed by atoms with van der Waals surface area (Å²) < 4.78 is 19.6. The van der Waals surface area contributed by atoms with Gasteiger partial charge in [-0.2, -0.15) is 0 Å². The molecule has 0 spiro atoms. The number of ether oxygens (including phenoxy) is 4. The SMILES string of the molecule is CC(C)(C)OC(=O)NCCOCCOCCNC(=O)CCC(=O)O.O=C1CCC(=O)O1. The third-order valence-electron chi connectivity index (χ3n) is 3.18. The molecular weight excluding hydrogens is 416 g/mol. The fraction of sp³-hybridized carbons (Fsp3) is 0.737. The number of hydrogen-bond acceptors (Lipinski definition) is 9. The van der Waals surface area contributed by atoms with E-state index in [-0.39, 0.29) is 31.6 Å². The number of cyclic esters (lactones) is 2.